The molecule has 1 aliphatic carbocycles. The molecule has 5 heteroatoms. The quantitative estimate of drug-likeness (QED) is 0.280. The average Bonchev–Trinajstić information content (AvgIpc) is 3.22. The molecule has 0 saturated heterocycles. The number of allylic oxidation sites excluding steroid dienone is 4. The molecule has 3 aromatic carbocycles. The van der Waals surface area contributed by atoms with E-state index >= 15 is 0 Å². The van der Waals surface area contributed by atoms with Gasteiger partial charge in [0.05, 0.1) is 0 Å². The first kappa shape index (κ1) is 19.4. The number of hydrogen-bond acceptors (Lipinski definition) is 4. The van der Waals surface area contributed by atoms with Gasteiger partial charge in [0.1, 0.15) is 0 Å². The molecule has 0 bridgehead atoms. The predicted molar refractivity (Wildman–Crippen MR) is 134 cm³/mol. The molecule has 3 nitrogen and oxygen atoms in total. The van der Waals surface area contributed by atoms with Crippen LogP contribution in [0.5, 0.6) is 0 Å². The number of halogens is 1. The zero-order valence-electron chi connectivity index (χ0n) is 17.1. The smallest absolute Gasteiger partial charge is 0.208 e. The van der Waals surface area contributed by atoms with Crippen molar-refractivity contribution in [1.29, 1.82) is 0 Å². The van der Waals surface area contributed by atoms with Crippen molar-refractivity contribution in [2.24, 2.45) is 0 Å². The lowest BCUT2D eigenvalue weighted by molar-refractivity contribution is 0.854. The van der Waals surface area contributed by atoms with Crippen molar-refractivity contribution in [3.63, 3.8) is 0 Å². The van der Waals surface area contributed by atoms with Crippen LogP contribution in [0.2, 0.25) is 5.28 Å². The van der Waals surface area contributed by atoms with Crippen molar-refractivity contribution in [1.82, 2.24) is 15.0 Å². The van der Waals surface area contributed by atoms with Crippen LogP contribution in [0.25, 0.3) is 42.9 Å². The minimum Gasteiger partial charge on any atom is -0.208 e. The first-order valence-corrected chi connectivity index (χ1v) is 11.7. The van der Waals surface area contributed by atoms with E-state index < -0.39 is 0 Å². The predicted octanol–water partition coefficient (Wildman–Crippen LogP) is 7.83. The molecule has 1 atom stereocenters. The molecule has 2 heterocycles. The van der Waals surface area contributed by atoms with E-state index in [1.165, 1.54) is 25.7 Å². The largest absolute Gasteiger partial charge is 0.226 e. The Morgan fingerprint density at radius 3 is 2.31 bits per heavy atom. The van der Waals surface area contributed by atoms with Gasteiger partial charge >= 0.3 is 0 Å². The van der Waals surface area contributed by atoms with Gasteiger partial charge in [-0.25, -0.2) is 4.98 Å². The average molecular weight is 452 g/mol. The SMILES string of the molecule is Clc1nc(-c2ccc(C3C=CC=CC3)cc2)nc(-c2ccc3c(c2)sc2ccccc23)n1. The lowest BCUT2D eigenvalue weighted by Gasteiger charge is -2.13. The monoisotopic (exact) mass is 451 g/mol. The number of benzene rings is 3. The van der Waals surface area contributed by atoms with Gasteiger partial charge in [-0.05, 0) is 35.7 Å². The van der Waals surface area contributed by atoms with Gasteiger partial charge in [0, 0.05) is 37.2 Å². The van der Waals surface area contributed by atoms with Gasteiger partial charge in [0.25, 0.3) is 0 Å². The Morgan fingerprint density at radius 2 is 1.50 bits per heavy atom. The molecule has 154 valence electrons. The third-order valence-electron chi connectivity index (χ3n) is 5.82. The van der Waals surface area contributed by atoms with Crippen LogP contribution in [0, 0.1) is 0 Å². The van der Waals surface area contributed by atoms with Crippen LogP contribution < -0.4 is 0 Å². The third-order valence-corrected chi connectivity index (χ3v) is 7.13. The standard InChI is InChI=1S/C27H18ClN3S/c28-27-30-25(19-12-10-18(11-13-19)17-6-2-1-3-7-17)29-26(31-27)20-14-15-22-21-8-4-5-9-23(21)32-24(22)16-20/h1-6,8-17H,7H2. The van der Waals surface area contributed by atoms with Crippen molar-refractivity contribution in [3.8, 4) is 22.8 Å². The molecule has 0 saturated carbocycles. The molecule has 0 radical (unpaired) electrons. The Bertz CT molecular complexity index is 1520. The van der Waals surface area contributed by atoms with E-state index in [9.17, 15) is 0 Å². The van der Waals surface area contributed by atoms with Crippen LogP contribution in [0.1, 0.15) is 17.9 Å². The van der Waals surface area contributed by atoms with Gasteiger partial charge < -0.3 is 0 Å². The van der Waals surface area contributed by atoms with Crippen LogP contribution in [-0.4, -0.2) is 15.0 Å². The highest BCUT2D eigenvalue weighted by Crippen LogP contribution is 2.36. The lowest BCUT2D eigenvalue weighted by atomic mass is 9.92. The van der Waals surface area contributed by atoms with Crippen LogP contribution in [0.3, 0.4) is 0 Å². The molecule has 32 heavy (non-hydrogen) atoms. The summed E-state index contributed by atoms with van der Waals surface area (Å²) in [5.41, 5.74) is 3.15. The van der Waals surface area contributed by atoms with Gasteiger partial charge in [-0.15, -0.1) is 11.3 Å². The summed E-state index contributed by atoms with van der Waals surface area (Å²) in [7, 11) is 0. The van der Waals surface area contributed by atoms with E-state index in [4.69, 9.17) is 16.6 Å². The second-order valence-corrected chi connectivity index (χ2v) is 9.26. The molecule has 0 fully saturated rings. The normalized spacial score (nSPS) is 15.6. The van der Waals surface area contributed by atoms with Gasteiger partial charge in [-0.1, -0.05) is 78.9 Å². The summed E-state index contributed by atoms with van der Waals surface area (Å²) in [5, 5.41) is 2.72. The third kappa shape index (κ3) is 3.52. The van der Waals surface area contributed by atoms with E-state index in [-0.39, 0.29) is 5.28 Å². The van der Waals surface area contributed by atoms with Crippen molar-refractivity contribution >= 4 is 43.1 Å². The van der Waals surface area contributed by atoms with E-state index in [2.05, 4.69) is 101 Å². The van der Waals surface area contributed by atoms with E-state index in [0.717, 1.165) is 17.5 Å². The topological polar surface area (TPSA) is 38.7 Å². The molecular formula is C27H18ClN3S. The molecule has 0 N–H and O–H groups in total. The Morgan fingerprint density at radius 1 is 0.750 bits per heavy atom. The Kier molecular flexibility index (Phi) is 4.82. The summed E-state index contributed by atoms with van der Waals surface area (Å²) in [5.74, 6) is 1.59. The first-order chi connectivity index (χ1) is 15.7. The van der Waals surface area contributed by atoms with Gasteiger partial charge in [0.2, 0.25) is 5.28 Å². The molecule has 1 unspecified atom stereocenters. The maximum Gasteiger partial charge on any atom is 0.226 e. The Hall–Kier alpha value is -3.34. The Balaban J connectivity index is 1.37. The fourth-order valence-electron chi connectivity index (χ4n) is 4.18. The number of rotatable bonds is 3. The van der Waals surface area contributed by atoms with Crippen molar-refractivity contribution in [3.05, 3.63) is 102 Å². The van der Waals surface area contributed by atoms with E-state index in [1.807, 2.05) is 0 Å². The highest BCUT2D eigenvalue weighted by Gasteiger charge is 2.13. The minimum absolute atomic E-state index is 0.200. The van der Waals surface area contributed by atoms with Gasteiger partial charge in [-0.3, -0.25) is 0 Å². The summed E-state index contributed by atoms with van der Waals surface area (Å²) in [6.07, 6.45) is 9.65. The number of nitrogens with zero attached hydrogens (tertiary/aromatic N) is 3. The number of thiophene rings is 1. The summed E-state index contributed by atoms with van der Waals surface area (Å²) in [6, 6.07) is 23.2. The lowest BCUT2D eigenvalue weighted by Crippen LogP contribution is -1.99. The molecule has 0 amide bonds. The highest BCUT2D eigenvalue weighted by atomic mass is 35.5. The van der Waals surface area contributed by atoms with Gasteiger partial charge in [0.15, 0.2) is 11.6 Å². The number of hydrogen-bond donors (Lipinski definition) is 0. The van der Waals surface area contributed by atoms with Crippen LogP contribution in [0.15, 0.2) is 91.0 Å². The summed E-state index contributed by atoms with van der Waals surface area (Å²) in [4.78, 5) is 13.6. The van der Waals surface area contributed by atoms with Crippen molar-refractivity contribution in [2.75, 3.05) is 0 Å². The van der Waals surface area contributed by atoms with Crippen molar-refractivity contribution < 1.29 is 0 Å². The fraction of sp³-hybridized carbons (Fsp3) is 0.0741. The number of fused-ring (bicyclic) bond motifs is 3. The summed E-state index contributed by atoms with van der Waals surface area (Å²) < 4.78 is 2.48. The maximum absolute atomic E-state index is 6.31. The van der Waals surface area contributed by atoms with E-state index in [1.54, 1.807) is 11.3 Å². The molecule has 0 aliphatic heterocycles. The van der Waals surface area contributed by atoms with Crippen LogP contribution in [0.4, 0.5) is 0 Å². The Labute approximate surface area is 194 Å². The minimum atomic E-state index is 0.200. The molecule has 2 aromatic heterocycles. The molecule has 6 rings (SSSR count). The summed E-state index contributed by atoms with van der Waals surface area (Å²) in [6.45, 7) is 0. The second-order valence-electron chi connectivity index (χ2n) is 7.84. The fourth-order valence-corrected chi connectivity index (χ4v) is 5.49. The van der Waals surface area contributed by atoms with Crippen LogP contribution >= 0.6 is 22.9 Å². The molecule has 5 aromatic rings. The highest BCUT2D eigenvalue weighted by molar-refractivity contribution is 7.25. The first-order valence-electron chi connectivity index (χ1n) is 10.5. The van der Waals surface area contributed by atoms with E-state index in [0.29, 0.717) is 17.6 Å². The number of aromatic nitrogens is 3. The summed E-state index contributed by atoms with van der Waals surface area (Å²) >= 11 is 8.08. The van der Waals surface area contributed by atoms with Crippen LogP contribution in [-0.2, 0) is 0 Å². The second kappa shape index (κ2) is 7.97. The zero-order chi connectivity index (χ0) is 21.5. The van der Waals surface area contributed by atoms with Crippen molar-refractivity contribution in [2.45, 2.75) is 12.3 Å². The maximum atomic E-state index is 6.31. The molecule has 0 spiro atoms. The van der Waals surface area contributed by atoms with Gasteiger partial charge in [-0.2, -0.15) is 9.97 Å². The zero-order valence-corrected chi connectivity index (χ0v) is 18.6. The molecular weight excluding hydrogens is 434 g/mol. The molecule has 1 aliphatic rings.